The highest BCUT2D eigenvalue weighted by atomic mass is 16.8. The zero-order valence-electron chi connectivity index (χ0n) is 38.0. The van der Waals surface area contributed by atoms with Crippen LogP contribution in [-0.4, -0.2) is 80.0 Å². The Labute approximate surface area is 401 Å². The van der Waals surface area contributed by atoms with Crippen LogP contribution in [0.4, 0.5) is 4.79 Å². The number of hydrogen-bond acceptors (Lipinski definition) is 12. The molecule has 6 aromatic rings. The second-order valence-electron chi connectivity index (χ2n) is 17.1. The maximum atomic E-state index is 13.4. The molecule has 0 aromatic heterocycles. The smallest absolute Gasteiger partial charge is 0.424 e. The summed E-state index contributed by atoms with van der Waals surface area (Å²) in [6, 6.07) is 57.2. The third-order valence-electron chi connectivity index (χ3n) is 12.3. The molecule has 0 radical (unpaired) electrons. The molecule has 0 bridgehead atoms. The normalized spacial score (nSPS) is 26.3. The van der Waals surface area contributed by atoms with E-state index in [1.807, 2.05) is 182 Å². The summed E-state index contributed by atoms with van der Waals surface area (Å²) in [6.45, 7) is 1.15. The SMILES string of the molecule is [N-]=[N+]=NC1[C@@H](O[C@@H]2C3OC(=O)O[C@@H]3C(OCc3ccccc3)C(OCc3ccccc3)[C@@H]2OCc2ccccc2)OC(COCc2ccccc2)[C@@H](OCc2ccccc2)[C@@H]1OCc1ccccc1. The first kappa shape index (κ1) is 47.6. The van der Waals surface area contributed by atoms with Crippen molar-refractivity contribution < 1.29 is 52.2 Å². The van der Waals surface area contributed by atoms with Gasteiger partial charge < -0.3 is 47.4 Å². The number of hydrogen-bond donors (Lipinski definition) is 0. The summed E-state index contributed by atoms with van der Waals surface area (Å²) in [6.07, 6.45) is -10.8. The summed E-state index contributed by atoms with van der Waals surface area (Å²) in [5.74, 6) is 0. The molecular weight excluding hydrogens is 879 g/mol. The zero-order valence-corrected chi connectivity index (χ0v) is 38.0. The molecule has 11 atom stereocenters. The molecule has 0 N–H and O–H groups in total. The Kier molecular flexibility index (Phi) is 16.7. The average Bonchev–Trinajstić information content (AvgIpc) is 3.80. The Hall–Kier alpha value is -6.42. The van der Waals surface area contributed by atoms with Crippen molar-refractivity contribution >= 4 is 6.16 Å². The Morgan fingerprint density at radius 1 is 0.435 bits per heavy atom. The lowest BCUT2D eigenvalue weighted by molar-refractivity contribution is -0.327. The van der Waals surface area contributed by atoms with Gasteiger partial charge in [-0.2, -0.15) is 0 Å². The molecule has 6 aromatic carbocycles. The van der Waals surface area contributed by atoms with E-state index in [0.717, 1.165) is 33.4 Å². The van der Waals surface area contributed by atoms with Crippen LogP contribution in [0.3, 0.4) is 0 Å². The highest BCUT2D eigenvalue weighted by molar-refractivity contribution is 5.63. The minimum Gasteiger partial charge on any atom is -0.424 e. The van der Waals surface area contributed by atoms with Crippen LogP contribution in [0.5, 0.6) is 0 Å². The van der Waals surface area contributed by atoms with Crippen LogP contribution < -0.4 is 0 Å². The van der Waals surface area contributed by atoms with Crippen molar-refractivity contribution in [3.63, 3.8) is 0 Å². The van der Waals surface area contributed by atoms with Gasteiger partial charge in [-0.05, 0) is 38.9 Å². The number of rotatable bonds is 22. The zero-order chi connectivity index (χ0) is 47.0. The number of carbonyl (C=O) groups is 1. The molecule has 1 aliphatic carbocycles. The van der Waals surface area contributed by atoms with E-state index >= 15 is 0 Å². The Bertz CT molecular complexity index is 2510. The summed E-state index contributed by atoms with van der Waals surface area (Å²) < 4.78 is 66.5. The molecule has 5 unspecified atom stereocenters. The van der Waals surface area contributed by atoms with Gasteiger partial charge in [-0.15, -0.1) is 0 Å². The lowest BCUT2D eigenvalue weighted by Crippen LogP contribution is -2.68. The monoisotopic (exact) mass is 933 g/mol. The van der Waals surface area contributed by atoms with Crippen molar-refractivity contribution in [3.05, 3.63) is 226 Å². The summed E-state index contributed by atoms with van der Waals surface area (Å²) >= 11 is 0. The Morgan fingerprint density at radius 3 is 1.20 bits per heavy atom. The van der Waals surface area contributed by atoms with Gasteiger partial charge in [0.1, 0.15) is 48.8 Å². The van der Waals surface area contributed by atoms with Gasteiger partial charge in [0, 0.05) is 4.91 Å². The quantitative estimate of drug-likeness (QED) is 0.0276. The van der Waals surface area contributed by atoms with Crippen molar-refractivity contribution in [2.45, 2.75) is 107 Å². The van der Waals surface area contributed by atoms with Crippen molar-refractivity contribution in [3.8, 4) is 0 Å². The molecule has 3 aliphatic rings. The van der Waals surface area contributed by atoms with E-state index in [1.165, 1.54) is 0 Å². The maximum Gasteiger partial charge on any atom is 0.509 e. The second-order valence-corrected chi connectivity index (χ2v) is 17.1. The van der Waals surface area contributed by atoms with Crippen LogP contribution >= 0.6 is 0 Å². The van der Waals surface area contributed by atoms with Crippen molar-refractivity contribution in [1.29, 1.82) is 0 Å². The minimum absolute atomic E-state index is 0.0450. The predicted octanol–water partition coefficient (Wildman–Crippen LogP) is 9.84. The molecule has 2 aliphatic heterocycles. The fourth-order valence-electron chi connectivity index (χ4n) is 8.93. The molecule has 0 amide bonds. The topological polar surface area (TPSA) is 158 Å². The average molecular weight is 934 g/mol. The summed E-state index contributed by atoms with van der Waals surface area (Å²) in [4.78, 5) is 16.7. The first-order valence-corrected chi connectivity index (χ1v) is 23.2. The second kappa shape index (κ2) is 24.2. The van der Waals surface area contributed by atoms with Crippen molar-refractivity contribution in [2.75, 3.05) is 6.61 Å². The van der Waals surface area contributed by atoms with E-state index in [4.69, 9.17) is 47.4 Å². The van der Waals surface area contributed by atoms with Gasteiger partial charge in [0.2, 0.25) is 0 Å². The van der Waals surface area contributed by atoms with Crippen LogP contribution in [0.1, 0.15) is 33.4 Å². The number of benzene rings is 6. The number of nitrogens with zero attached hydrogens (tertiary/aromatic N) is 3. The molecular formula is C55H55N3O11. The number of carbonyl (C=O) groups excluding carboxylic acids is 1. The maximum absolute atomic E-state index is 13.4. The highest BCUT2D eigenvalue weighted by Gasteiger charge is 2.62. The highest BCUT2D eigenvalue weighted by Crippen LogP contribution is 2.41. The van der Waals surface area contributed by atoms with E-state index in [1.54, 1.807) is 0 Å². The third-order valence-corrected chi connectivity index (χ3v) is 12.3. The molecule has 14 heteroatoms. The van der Waals surface area contributed by atoms with Crippen LogP contribution in [0, 0.1) is 0 Å². The van der Waals surface area contributed by atoms with Gasteiger partial charge in [0.05, 0.1) is 46.2 Å². The molecule has 9 rings (SSSR count). The van der Waals surface area contributed by atoms with E-state index < -0.39 is 73.4 Å². The predicted molar refractivity (Wildman–Crippen MR) is 253 cm³/mol. The molecule has 0 spiro atoms. The number of fused-ring (bicyclic) bond motifs is 1. The number of ether oxygens (including phenoxy) is 10. The lowest BCUT2D eigenvalue weighted by Gasteiger charge is -2.49. The van der Waals surface area contributed by atoms with Crippen LogP contribution in [0.15, 0.2) is 187 Å². The Balaban J connectivity index is 1.09. The van der Waals surface area contributed by atoms with Gasteiger partial charge >= 0.3 is 6.16 Å². The first-order valence-electron chi connectivity index (χ1n) is 23.2. The molecule has 69 heavy (non-hydrogen) atoms. The molecule has 2 heterocycles. The third kappa shape index (κ3) is 12.6. The van der Waals surface area contributed by atoms with E-state index in [-0.39, 0.29) is 46.2 Å². The largest absolute Gasteiger partial charge is 0.509 e. The van der Waals surface area contributed by atoms with E-state index in [2.05, 4.69) is 10.0 Å². The lowest BCUT2D eigenvalue weighted by atomic mass is 9.83. The van der Waals surface area contributed by atoms with Gasteiger partial charge in [-0.1, -0.05) is 187 Å². The van der Waals surface area contributed by atoms with E-state index in [0.29, 0.717) is 0 Å². The molecule has 356 valence electrons. The molecule has 14 nitrogen and oxygen atoms in total. The minimum atomic E-state index is -1.33. The van der Waals surface area contributed by atoms with Gasteiger partial charge in [-0.3, -0.25) is 0 Å². The van der Waals surface area contributed by atoms with Crippen LogP contribution in [0.2, 0.25) is 0 Å². The first-order chi connectivity index (χ1) is 34.1. The van der Waals surface area contributed by atoms with Gasteiger partial charge in [0.15, 0.2) is 18.5 Å². The summed E-state index contributed by atoms with van der Waals surface area (Å²) in [5, 5.41) is 4.33. The fraction of sp³-hybridized carbons (Fsp3) is 0.327. The van der Waals surface area contributed by atoms with Gasteiger partial charge in [0.25, 0.3) is 0 Å². The number of azide groups is 1. The molecule has 1 saturated carbocycles. The van der Waals surface area contributed by atoms with E-state index in [9.17, 15) is 10.3 Å². The van der Waals surface area contributed by atoms with Crippen molar-refractivity contribution in [1.82, 2.24) is 0 Å². The van der Waals surface area contributed by atoms with Crippen molar-refractivity contribution in [2.24, 2.45) is 5.11 Å². The van der Waals surface area contributed by atoms with Crippen LogP contribution in [-0.2, 0) is 87.0 Å². The fourth-order valence-corrected chi connectivity index (χ4v) is 8.93. The summed E-state index contributed by atoms with van der Waals surface area (Å²) in [7, 11) is 0. The Morgan fingerprint density at radius 2 is 0.783 bits per heavy atom. The standard InChI is InChI=1S/C55H55N3O11/c56-58-57-45-47(62-33-40-23-11-3-12-24-40)46(61-32-39-21-9-2-10-22-39)44(37-60-31-38-19-7-1-8-20-38)66-54(45)67-51-49(64-35-42-27-15-5-16-28-42)48(63-34-41-25-13-4-14-26-41)50(52-53(51)69-55(59)68-52)65-36-43-29-17-6-18-30-43/h1-30,44-54H,31-37H2/t44?,45?,46-,47-,48?,49+,50?,51+,52-,53?,54-/m1/s1. The molecule has 2 saturated heterocycles. The summed E-state index contributed by atoms with van der Waals surface area (Å²) in [5.41, 5.74) is 15.8. The van der Waals surface area contributed by atoms with Gasteiger partial charge in [-0.25, -0.2) is 4.79 Å². The van der Waals surface area contributed by atoms with Crippen LogP contribution in [0.25, 0.3) is 10.4 Å². The molecule has 3 fully saturated rings.